The van der Waals surface area contributed by atoms with Gasteiger partial charge in [0.15, 0.2) is 0 Å². The Bertz CT molecular complexity index is 488. The van der Waals surface area contributed by atoms with Gasteiger partial charge in [-0.3, -0.25) is 4.79 Å². The van der Waals surface area contributed by atoms with Crippen LogP contribution in [-0.2, 0) is 10.2 Å². The van der Waals surface area contributed by atoms with Crippen LogP contribution in [0, 0.1) is 5.92 Å². The lowest BCUT2D eigenvalue weighted by molar-refractivity contribution is -0.128. The molecule has 1 aromatic carbocycles. The van der Waals surface area contributed by atoms with Crippen LogP contribution in [-0.4, -0.2) is 5.91 Å². The highest BCUT2D eigenvalue weighted by atomic mass is 16.2. The van der Waals surface area contributed by atoms with Crippen LogP contribution in [0.15, 0.2) is 24.3 Å². The van der Waals surface area contributed by atoms with E-state index in [0.29, 0.717) is 0 Å². The van der Waals surface area contributed by atoms with Crippen molar-refractivity contribution in [1.82, 2.24) is 5.32 Å². The van der Waals surface area contributed by atoms with Gasteiger partial charge in [0.25, 0.3) is 0 Å². The molecule has 2 heteroatoms. The van der Waals surface area contributed by atoms with Gasteiger partial charge in [-0.2, -0.15) is 0 Å². The third-order valence-corrected chi connectivity index (χ3v) is 4.92. The molecule has 1 N–H and O–H groups in total. The molecule has 2 aliphatic rings. The molecule has 1 amide bonds. The first-order chi connectivity index (χ1) is 9.08. The molecule has 1 fully saturated rings. The summed E-state index contributed by atoms with van der Waals surface area (Å²) in [5.74, 6) is 0.549. The van der Waals surface area contributed by atoms with E-state index in [9.17, 15) is 4.79 Å². The smallest absolute Gasteiger partial charge is 0.223 e. The Morgan fingerprint density at radius 3 is 2.63 bits per heavy atom. The Hall–Kier alpha value is -1.31. The Balaban J connectivity index is 1.82. The molecule has 2 aliphatic carbocycles. The van der Waals surface area contributed by atoms with Crippen molar-refractivity contribution in [3.63, 3.8) is 0 Å². The second kappa shape index (κ2) is 4.66. The molecule has 3 rings (SSSR count). The Labute approximate surface area is 115 Å². The average Bonchev–Trinajstić information content (AvgIpc) is 2.31. The van der Waals surface area contributed by atoms with Crippen molar-refractivity contribution in [2.24, 2.45) is 5.92 Å². The van der Waals surface area contributed by atoms with Gasteiger partial charge in [-0.1, -0.05) is 44.5 Å². The van der Waals surface area contributed by atoms with Crippen LogP contribution < -0.4 is 5.32 Å². The molecule has 0 spiro atoms. The lowest BCUT2D eigenvalue weighted by Gasteiger charge is -2.38. The topological polar surface area (TPSA) is 29.1 Å². The first-order valence-electron chi connectivity index (χ1n) is 7.48. The van der Waals surface area contributed by atoms with E-state index in [1.807, 2.05) is 0 Å². The number of carbonyl (C=O) groups is 1. The molecule has 19 heavy (non-hydrogen) atoms. The van der Waals surface area contributed by atoms with Gasteiger partial charge in [-0.05, 0) is 42.2 Å². The standard InChI is InChI=1S/C17H23NO/c1-17(2)11-10-15(13-8-3-4-9-14(13)17)18-16(19)12-6-5-7-12/h3-4,8-9,12,15H,5-7,10-11H2,1-2H3,(H,18,19)/t15-/m0/s1. The third kappa shape index (κ3) is 2.29. The largest absolute Gasteiger partial charge is 0.349 e. The molecule has 2 nitrogen and oxygen atoms in total. The van der Waals surface area contributed by atoms with Crippen LogP contribution in [0.25, 0.3) is 0 Å². The summed E-state index contributed by atoms with van der Waals surface area (Å²) in [7, 11) is 0. The summed E-state index contributed by atoms with van der Waals surface area (Å²) in [6.07, 6.45) is 5.56. The lowest BCUT2D eigenvalue weighted by atomic mass is 9.71. The van der Waals surface area contributed by atoms with Gasteiger partial charge in [0.1, 0.15) is 0 Å². The van der Waals surface area contributed by atoms with Crippen LogP contribution in [0.3, 0.4) is 0 Å². The van der Waals surface area contributed by atoms with E-state index >= 15 is 0 Å². The molecular weight excluding hydrogens is 234 g/mol. The monoisotopic (exact) mass is 257 g/mol. The van der Waals surface area contributed by atoms with E-state index in [-0.39, 0.29) is 23.3 Å². The van der Waals surface area contributed by atoms with Crippen LogP contribution >= 0.6 is 0 Å². The minimum Gasteiger partial charge on any atom is -0.349 e. The number of carbonyl (C=O) groups excluding carboxylic acids is 1. The maximum Gasteiger partial charge on any atom is 0.223 e. The van der Waals surface area contributed by atoms with Gasteiger partial charge in [-0.25, -0.2) is 0 Å². The first-order valence-corrected chi connectivity index (χ1v) is 7.48. The Morgan fingerprint density at radius 2 is 1.95 bits per heavy atom. The molecule has 1 aromatic rings. The summed E-state index contributed by atoms with van der Waals surface area (Å²) in [5.41, 5.74) is 2.96. The van der Waals surface area contributed by atoms with Crippen LogP contribution in [0.2, 0.25) is 0 Å². The van der Waals surface area contributed by atoms with E-state index in [1.54, 1.807) is 0 Å². The summed E-state index contributed by atoms with van der Waals surface area (Å²) in [6, 6.07) is 8.82. The fourth-order valence-corrected chi connectivity index (χ4v) is 3.32. The van der Waals surface area contributed by atoms with Crippen molar-refractivity contribution in [2.45, 2.75) is 57.4 Å². The minimum atomic E-state index is 0.220. The Morgan fingerprint density at radius 1 is 1.21 bits per heavy atom. The average molecular weight is 257 g/mol. The first kappa shape index (κ1) is 12.7. The quantitative estimate of drug-likeness (QED) is 0.859. The zero-order valence-electron chi connectivity index (χ0n) is 11.9. The van der Waals surface area contributed by atoms with Crippen molar-refractivity contribution >= 4 is 5.91 Å². The second-order valence-corrected chi connectivity index (χ2v) is 6.70. The number of rotatable bonds is 2. The zero-order chi connectivity index (χ0) is 13.5. The van der Waals surface area contributed by atoms with Gasteiger partial charge < -0.3 is 5.32 Å². The van der Waals surface area contributed by atoms with Crippen molar-refractivity contribution < 1.29 is 4.79 Å². The van der Waals surface area contributed by atoms with E-state index < -0.39 is 0 Å². The predicted octanol–water partition coefficient (Wildman–Crippen LogP) is 3.72. The van der Waals surface area contributed by atoms with Gasteiger partial charge in [-0.15, -0.1) is 0 Å². The number of fused-ring (bicyclic) bond motifs is 1. The maximum atomic E-state index is 12.2. The molecule has 0 saturated heterocycles. The van der Waals surface area contributed by atoms with E-state index in [0.717, 1.165) is 25.7 Å². The van der Waals surface area contributed by atoms with E-state index in [4.69, 9.17) is 0 Å². The van der Waals surface area contributed by atoms with E-state index in [1.165, 1.54) is 17.5 Å². The molecule has 0 heterocycles. The molecule has 0 unspecified atom stereocenters. The van der Waals surface area contributed by atoms with Gasteiger partial charge in [0.2, 0.25) is 5.91 Å². The number of benzene rings is 1. The Kier molecular flexibility index (Phi) is 3.12. The molecule has 0 aliphatic heterocycles. The SMILES string of the molecule is CC1(C)CC[C@H](NC(=O)C2CCC2)c2ccccc21. The summed E-state index contributed by atoms with van der Waals surface area (Å²) in [4.78, 5) is 12.2. The van der Waals surface area contributed by atoms with E-state index in [2.05, 4.69) is 43.4 Å². The third-order valence-electron chi connectivity index (χ3n) is 4.92. The number of hydrogen-bond donors (Lipinski definition) is 1. The van der Waals surface area contributed by atoms with Gasteiger partial charge in [0.05, 0.1) is 6.04 Å². The fourth-order valence-electron chi connectivity index (χ4n) is 3.32. The normalized spacial score (nSPS) is 25.3. The second-order valence-electron chi connectivity index (χ2n) is 6.70. The summed E-state index contributed by atoms with van der Waals surface area (Å²) >= 11 is 0. The highest BCUT2D eigenvalue weighted by Gasteiger charge is 2.34. The van der Waals surface area contributed by atoms with Crippen molar-refractivity contribution in [3.05, 3.63) is 35.4 Å². The molecule has 0 aromatic heterocycles. The van der Waals surface area contributed by atoms with Gasteiger partial charge >= 0.3 is 0 Å². The number of nitrogens with one attached hydrogen (secondary N) is 1. The van der Waals surface area contributed by atoms with Crippen LogP contribution in [0.4, 0.5) is 0 Å². The fraction of sp³-hybridized carbons (Fsp3) is 0.588. The lowest BCUT2D eigenvalue weighted by Crippen LogP contribution is -2.40. The molecule has 0 bridgehead atoms. The zero-order valence-corrected chi connectivity index (χ0v) is 11.9. The van der Waals surface area contributed by atoms with Crippen LogP contribution in [0.5, 0.6) is 0 Å². The van der Waals surface area contributed by atoms with Crippen molar-refractivity contribution in [3.8, 4) is 0 Å². The van der Waals surface area contributed by atoms with Crippen molar-refractivity contribution in [2.75, 3.05) is 0 Å². The molecule has 102 valence electrons. The molecule has 1 atom stereocenters. The maximum absolute atomic E-state index is 12.2. The number of amides is 1. The summed E-state index contributed by atoms with van der Waals surface area (Å²) in [6.45, 7) is 4.60. The minimum absolute atomic E-state index is 0.220. The predicted molar refractivity (Wildman–Crippen MR) is 76.9 cm³/mol. The highest BCUT2D eigenvalue weighted by Crippen LogP contribution is 2.41. The van der Waals surface area contributed by atoms with Crippen LogP contribution in [0.1, 0.15) is 63.1 Å². The highest BCUT2D eigenvalue weighted by molar-refractivity contribution is 5.80. The van der Waals surface area contributed by atoms with Gasteiger partial charge in [0, 0.05) is 5.92 Å². The molecular formula is C17H23NO. The summed E-state index contributed by atoms with van der Waals surface area (Å²) < 4.78 is 0. The number of hydrogen-bond acceptors (Lipinski definition) is 1. The summed E-state index contributed by atoms with van der Waals surface area (Å²) in [5, 5.41) is 3.28. The molecule has 0 radical (unpaired) electrons. The molecule has 1 saturated carbocycles. The van der Waals surface area contributed by atoms with Crippen molar-refractivity contribution in [1.29, 1.82) is 0 Å².